The molecule has 222 valence electrons. The van der Waals surface area contributed by atoms with E-state index < -0.39 is 98.7 Å². The first-order valence-electron chi connectivity index (χ1n) is 13.3. The molecule has 4 atom stereocenters. The monoisotopic (exact) mass is 579 g/mol. The highest BCUT2D eigenvalue weighted by Crippen LogP contribution is 2.54. The third-order valence-corrected chi connectivity index (χ3v) is 8.80. The molecule has 4 aliphatic rings. The third kappa shape index (κ3) is 4.41. The topological polar surface area (TPSA) is 165 Å². The highest BCUT2D eigenvalue weighted by atomic mass is 19.4. The maximum Gasteiger partial charge on any atom is 0.417 e. The number of likely N-dealkylation sites (N-methyl/N-ethyl adjacent to an activating group) is 1. The van der Waals surface area contributed by atoms with Gasteiger partial charge in [0.05, 0.1) is 17.2 Å². The standard InChI is InChI=1S/C28H32F3N3O7/c1-33(2)21-15-7-12-6-14-18(16(35)8-13(20(14)28(29,30)31)10-34(3)9-11-4-5-11)22(36)17(12)24(38)27(15,41)25(39)19(23(21)37)26(32)40/h8,11-12,15,21,35-36,39,41H,4-7,9-10H2,1-3H3,(H2,32,40)/t12-,15-,21-,27-/m0/s1. The number of amides is 1. The van der Waals surface area contributed by atoms with Crippen LogP contribution < -0.4 is 5.73 Å². The molecule has 0 unspecified atom stereocenters. The number of hydrogen-bond donors (Lipinski definition) is 5. The number of rotatable bonds is 6. The van der Waals surface area contributed by atoms with Crippen LogP contribution >= 0.6 is 0 Å². The summed E-state index contributed by atoms with van der Waals surface area (Å²) in [4.78, 5) is 42.1. The minimum absolute atomic E-state index is 0.110. The number of fused-ring (bicyclic) bond motifs is 3. The van der Waals surface area contributed by atoms with E-state index in [1.165, 1.54) is 19.0 Å². The fourth-order valence-corrected chi connectivity index (χ4v) is 6.96. The second-order valence-electron chi connectivity index (χ2n) is 11.9. The minimum Gasteiger partial charge on any atom is -0.508 e. The first-order chi connectivity index (χ1) is 19.0. The van der Waals surface area contributed by atoms with E-state index in [0.717, 1.165) is 18.9 Å². The van der Waals surface area contributed by atoms with Crippen molar-refractivity contribution < 1.29 is 48.0 Å². The summed E-state index contributed by atoms with van der Waals surface area (Å²) >= 11 is 0. The van der Waals surface area contributed by atoms with Gasteiger partial charge in [0.25, 0.3) is 5.91 Å². The van der Waals surface area contributed by atoms with E-state index in [-0.39, 0.29) is 18.5 Å². The molecule has 2 fully saturated rings. The molecule has 0 heterocycles. The fraction of sp³-hybridized carbons (Fsp3) is 0.536. The van der Waals surface area contributed by atoms with Crippen molar-refractivity contribution >= 4 is 23.2 Å². The molecule has 0 aliphatic heterocycles. The van der Waals surface area contributed by atoms with Crippen LogP contribution in [0.25, 0.3) is 5.76 Å². The molecule has 1 aromatic carbocycles. The average molecular weight is 580 g/mol. The number of phenols is 1. The molecular formula is C28H32F3N3O7. The zero-order valence-corrected chi connectivity index (χ0v) is 22.7. The van der Waals surface area contributed by atoms with E-state index in [9.17, 15) is 48.0 Å². The quantitative estimate of drug-likeness (QED) is 0.316. The van der Waals surface area contributed by atoms with Crippen molar-refractivity contribution in [2.75, 3.05) is 27.7 Å². The molecule has 1 amide bonds. The van der Waals surface area contributed by atoms with Crippen molar-refractivity contribution in [1.29, 1.82) is 0 Å². The Kier molecular flexibility index (Phi) is 6.79. The summed E-state index contributed by atoms with van der Waals surface area (Å²) in [5.74, 6) is -8.55. The van der Waals surface area contributed by atoms with Crippen LogP contribution in [0.15, 0.2) is 23.0 Å². The Morgan fingerprint density at radius 2 is 1.78 bits per heavy atom. The lowest BCUT2D eigenvalue weighted by Crippen LogP contribution is -2.65. The number of aromatic hydroxyl groups is 1. The Labute approximate surface area is 233 Å². The van der Waals surface area contributed by atoms with E-state index >= 15 is 0 Å². The average Bonchev–Trinajstić information content (AvgIpc) is 3.63. The van der Waals surface area contributed by atoms with Gasteiger partial charge in [0, 0.05) is 24.6 Å². The zero-order chi connectivity index (χ0) is 30.3. The largest absolute Gasteiger partial charge is 0.508 e. The minimum atomic E-state index is -4.87. The molecule has 41 heavy (non-hydrogen) atoms. The van der Waals surface area contributed by atoms with E-state index in [1.807, 2.05) is 0 Å². The van der Waals surface area contributed by atoms with E-state index in [0.29, 0.717) is 12.5 Å². The van der Waals surface area contributed by atoms with Crippen molar-refractivity contribution in [3.8, 4) is 5.75 Å². The second-order valence-corrected chi connectivity index (χ2v) is 11.9. The van der Waals surface area contributed by atoms with Crippen molar-refractivity contribution in [2.24, 2.45) is 23.5 Å². The summed E-state index contributed by atoms with van der Waals surface area (Å²) in [6, 6.07) is -0.401. The van der Waals surface area contributed by atoms with Gasteiger partial charge in [0.15, 0.2) is 11.4 Å². The van der Waals surface area contributed by atoms with Crippen LogP contribution in [0, 0.1) is 17.8 Å². The molecule has 0 radical (unpaired) electrons. The molecule has 10 nitrogen and oxygen atoms in total. The number of primary amides is 1. The van der Waals surface area contributed by atoms with Gasteiger partial charge >= 0.3 is 6.18 Å². The normalized spacial score (nSPS) is 28.3. The summed E-state index contributed by atoms with van der Waals surface area (Å²) in [6.45, 7) is 0.480. The van der Waals surface area contributed by atoms with Gasteiger partial charge in [0.2, 0.25) is 5.78 Å². The van der Waals surface area contributed by atoms with Crippen molar-refractivity contribution in [3.63, 3.8) is 0 Å². The fourth-order valence-electron chi connectivity index (χ4n) is 6.96. The third-order valence-electron chi connectivity index (χ3n) is 8.80. The van der Waals surface area contributed by atoms with Crippen LogP contribution in [0.3, 0.4) is 0 Å². The highest BCUT2D eigenvalue weighted by molar-refractivity contribution is 6.24. The Morgan fingerprint density at radius 1 is 1.15 bits per heavy atom. The molecular weight excluding hydrogens is 547 g/mol. The first kappa shape index (κ1) is 29.1. The number of alkyl halides is 3. The molecule has 6 N–H and O–H groups in total. The van der Waals surface area contributed by atoms with Crippen molar-refractivity contribution in [2.45, 2.75) is 50.0 Å². The number of halogens is 3. The number of phenolic OH excluding ortho intramolecular Hbond substituents is 1. The molecule has 0 saturated heterocycles. The molecule has 0 aromatic heterocycles. The van der Waals surface area contributed by atoms with Gasteiger partial charge in [-0.15, -0.1) is 0 Å². The van der Waals surface area contributed by atoms with Crippen molar-refractivity contribution in [1.82, 2.24) is 9.80 Å². The van der Waals surface area contributed by atoms with Gasteiger partial charge in [0.1, 0.15) is 22.8 Å². The number of aliphatic hydroxyl groups excluding tert-OH is 2. The van der Waals surface area contributed by atoms with Gasteiger partial charge in [-0.25, -0.2) is 0 Å². The summed E-state index contributed by atoms with van der Waals surface area (Å²) in [5.41, 5.74) is -1.21. The lowest BCUT2D eigenvalue weighted by molar-refractivity contribution is -0.153. The van der Waals surface area contributed by atoms with Crippen LogP contribution in [-0.4, -0.2) is 87.0 Å². The predicted octanol–water partition coefficient (Wildman–Crippen LogP) is 1.82. The summed E-state index contributed by atoms with van der Waals surface area (Å²) in [7, 11) is 4.57. The summed E-state index contributed by atoms with van der Waals surface area (Å²) < 4.78 is 43.8. The summed E-state index contributed by atoms with van der Waals surface area (Å²) in [6.07, 6.45) is -3.60. The molecule has 4 aliphatic carbocycles. The van der Waals surface area contributed by atoms with Gasteiger partial charge in [-0.1, -0.05) is 0 Å². The van der Waals surface area contributed by atoms with Crippen LogP contribution in [0.1, 0.15) is 41.5 Å². The number of aliphatic hydroxyl groups is 3. The summed E-state index contributed by atoms with van der Waals surface area (Å²) in [5, 5.41) is 44.6. The number of nitrogens with two attached hydrogens (primary N) is 1. The van der Waals surface area contributed by atoms with Crippen molar-refractivity contribution in [3.05, 3.63) is 45.2 Å². The maximum atomic E-state index is 14.6. The molecule has 5 rings (SSSR count). The number of benzene rings is 1. The van der Waals surface area contributed by atoms with Gasteiger partial charge in [-0.2, -0.15) is 13.2 Å². The Balaban J connectivity index is 1.69. The SMILES string of the molecule is CN(Cc1cc(O)c2c(c1C(F)(F)F)C[C@H]1C[C@H]3[C@H](N(C)C)C(=O)C(C(N)=O)=C(O)[C@@]3(O)C(=O)C1=C2O)CC1CC1. The van der Waals surface area contributed by atoms with Gasteiger partial charge < -0.3 is 31.1 Å². The maximum absolute atomic E-state index is 14.6. The van der Waals surface area contributed by atoms with Gasteiger partial charge in [-0.05, 0) is 75.9 Å². The highest BCUT2D eigenvalue weighted by Gasteiger charge is 2.64. The molecule has 2 saturated carbocycles. The lowest BCUT2D eigenvalue weighted by atomic mass is 9.57. The number of Topliss-reactive ketones (excluding diaryl/α,β-unsaturated/α-hetero) is 2. The Hall–Kier alpha value is -3.42. The van der Waals surface area contributed by atoms with Crippen LogP contribution in [0.4, 0.5) is 13.2 Å². The van der Waals surface area contributed by atoms with Crippen LogP contribution in [-0.2, 0) is 33.5 Å². The lowest BCUT2D eigenvalue weighted by Gasteiger charge is -2.50. The first-order valence-corrected chi connectivity index (χ1v) is 13.3. The predicted molar refractivity (Wildman–Crippen MR) is 138 cm³/mol. The number of hydrogen-bond acceptors (Lipinski definition) is 9. The number of carbonyl (C=O) groups is 3. The van der Waals surface area contributed by atoms with Crippen LogP contribution in [0.2, 0.25) is 0 Å². The van der Waals surface area contributed by atoms with E-state index in [2.05, 4.69) is 0 Å². The number of ketones is 2. The smallest absolute Gasteiger partial charge is 0.417 e. The van der Waals surface area contributed by atoms with E-state index in [4.69, 9.17) is 5.73 Å². The molecule has 13 heteroatoms. The molecule has 0 bridgehead atoms. The van der Waals surface area contributed by atoms with Crippen LogP contribution in [0.5, 0.6) is 5.75 Å². The number of nitrogens with zero attached hydrogens (tertiary/aromatic N) is 2. The second kappa shape index (κ2) is 9.57. The molecule has 0 spiro atoms. The molecule has 1 aromatic rings. The zero-order valence-electron chi connectivity index (χ0n) is 22.7. The Bertz CT molecular complexity index is 1430. The van der Waals surface area contributed by atoms with E-state index in [1.54, 1.807) is 11.9 Å². The Morgan fingerprint density at radius 3 is 2.32 bits per heavy atom. The van der Waals surface area contributed by atoms with Gasteiger partial charge in [-0.3, -0.25) is 19.3 Å². The number of carbonyl (C=O) groups excluding carboxylic acids is 3.